The Balaban J connectivity index is 2.38. The second kappa shape index (κ2) is 5.15. The summed E-state index contributed by atoms with van der Waals surface area (Å²) in [6.07, 6.45) is -4.16. The molecule has 1 atom stereocenters. The van der Waals surface area contributed by atoms with Gasteiger partial charge in [0, 0.05) is 12.1 Å². The highest BCUT2D eigenvalue weighted by atomic mass is 19.4. The van der Waals surface area contributed by atoms with E-state index in [1.165, 1.54) is 19.2 Å². The third-order valence-electron chi connectivity index (χ3n) is 3.14. The number of anilines is 1. The number of rotatable bonds is 2. The van der Waals surface area contributed by atoms with Crippen LogP contribution >= 0.6 is 0 Å². The number of carbonyl (C=O) groups excluding carboxylic acids is 2. The normalized spacial score (nSPS) is 19.3. The molecule has 1 fully saturated rings. The molecule has 0 N–H and O–H groups in total. The highest BCUT2D eigenvalue weighted by molar-refractivity contribution is 6.02. The summed E-state index contributed by atoms with van der Waals surface area (Å²) in [5.74, 6) is -1.02. The summed E-state index contributed by atoms with van der Waals surface area (Å²) in [7, 11) is 1.18. The number of halogens is 3. The van der Waals surface area contributed by atoms with Crippen molar-refractivity contribution in [3.63, 3.8) is 0 Å². The Kier molecular flexibility index (Phi) is 3.69. The van der Waals surface area contributed by atoms with Gasteiger partial charge in [0.1, 0.15) is 6.04 Å². The molecule has 0 unspecified atom stereocenters. The molecule has 1 saturated heterocycles. The molecule has 1 amide bonds. The molecule has 0 saturated carbocycles. The molecule has 1 aromatic carbocycles. The molecule has 0 aromatic heterocycles. The maximum Gasteiger partial charge on any atom is 0.416 e. The maximum atomic E-state index is 12.7. The first-order valence-electron chi connectivity index (χ1n) is 5.91. The number of carbonyl (C=O) groups is 2. The molecule has 20 heavy (non-hydrogen) atoms. The molecule has 7 heteroatoms. The number of esters is 1. The summed E-state index contributed by atoms with van der Waals surface area (Å²) in [5, 5.41) is 0. The SMILES string of the molecule is COC(=O)[C@@H]1CCC(=O)N1c1cccc(C(F)(F)F)c1. The van der Waals surface area contributed by atoms with Crippen LogP contribution in [-0.4, -0.2) is 25.0 Å². The van der Waals surface area contributed by atoms with Crippen LogP contribution in [0.4, 0.5) is 18.9 Å². The number of hydrogen-bond donors (Lipinski definition) is 0. The average Bonchev–Trinajstić information content (AvgIpc) is 2.79. The minimum atomic E-state index is -4.50. The standard InChI is InChI=1S/C13H12F3NO3/c1-20-12(19)10-5-6-11(18)17(10)9-4-2-3-8(7-9)13(14,15)16/h2-4,7,10H,5-6H2,1H3/t10-/m0/s1. The zero-order valence-electron chi connectivity index (χ0n) is 10.6. The Morgan fingerprint density at radius 1 is 1.40 bits per heavy atom. The lowest BCUT2D eigenvalue weighted by Gasteiger charge is -2.23. The van der Waals surface area contributed by atoms with Gasteiger partial charge >= 0.3 is 12.1 Å². The molecular formula is C13H12F3NO3. The van der Waals surface area contributed by atoms with Gasteiger partial charge in [-0.1, -0.05) is 6.07 Å². The second-order valence-corrected chi connectivity index (χ2v) is 4.39. The van der Waals surface area contributed by atoms with Crippen molar-refractivity contribution in [1.29, 1.82) is 0 Å². The quantitative estimate of drug-likeness (QED) is 0.785. The van der Waals surface area contributed by atoms with Crippen LogP contribution in [0, 0.1) is 0 Å². The van der Waals surface area contributed by atoms with Crippen LogP contribution in [0.1, 0.15) is 18.4 Å². The van der Waals surface area contributed by atoms with Crippen LogP contribution in [0.15, 0.2) is 24.3 Å². The lowest BCUT2D eigenvalue weighted by Crippen LogP contribution is -2.39. The van der Waals surface area contributed by atoms with Crippen molar-refractivity contribution in [2.24, 2.45) is 0 Å². The number of nitrogens with zero attached hydrogens (tertiary/aromatic N) is 1. The number of methoxy groups -OCH3 is 1. The fourth-order valence-corrected chi connectivity index (χ4v) is 2.20. The summed E-state index contributed by atoms with van der Waals surface area (Å²) >= 11 is 0. The van der Waals surface area contributed by atoms with E-state index < -0.39 is 23.8 Å². The molecule has 1 aliphatic heterocycles. The molecule has 1 heterocycles. The first kappa shape index (κ1) is 14.4. The van der Waals surface area contributed by atoms with E-state index in [0.29, 0.717) is 0 Å². The zero-order chi connectivity index (χ0) is 14.9. The Labute approximate surface area is 113 Å². The third kappa shape index (κ3) is 2.61. The van der Waals surface area contributed by atoms with Gasteiger partial charge in [-0.3, -0.25) is 9.69 Å². The van der Waals surface area contributed by atoms with E-state index in [9.17, 15) is 22.8 Å². The van der Waals surface area contributed by atoms with Crippen molar-refractivity contribution in [3.8, 4) is 0 Å². The molecule has 2 rings (SSSR count). The number of alkyl halides is 3. The van der Waals surface area contributed by atoms with Gasteiger partial charge in [-0.25, -0.2) is 4.79 Å². The molecule has 0 bridgehead atoms. The van der Waals surface area contributed by atoms with E-state index in [4.69, 9.17) is 0 Å². The predicted molar refractivity (Wildman–Crippen MR) is 64.0 cm³/mol. The maximum absolute atomic E-state index is 12.7. The monoisotopic (exact) mass is 287 g/mol. The highest BCUT2D eigenvalue weighted by Crippen LogP contribution is 2.34. The first-order valence-corrected chi connectivity index (χ1v) is 5.91. The second-order valence-electron chi connectivity index (χ2n) is 4.39. The summed E-state index contributed by atoms with van der Waals surface area (Å²) in [6.45, 7) is 0. The molecule has 0 aliphatic carbocycles. The number of ether oxygens (including phenoxy) is 1. The van der Waals surface area contributed by atoms with E-state index in [-0.39, 0.29) is 24.4 Å². The minimum absolute atomic E-state index is 0.0534. The number of benzene rings is 1. The van der Waals surface area contributed by atoms with E-state index in [1.54, 1.807) is 0 Å². The summed E-state index contributed by atoms with van der Waals surface area (Å²) < 4.78 is 42.6. The van der Waals surface area contributed by atoms with Crippen LogP contribution in [0.5, 0.6) is 0 Å². The molecule has 108 valence electrons. The fraction of sp³-hybridized carbons (Fsp3) is 0.385. The molecule has 0 spiro atoms. The van der Waals surface area contributed by atoms with Crippen LogP contribution in [-0.2, 0) is 20.5 Å². The van der Waals surface area contributed by atoms with Crippen LogP contribution in [0.2, 0.25) is 0 Å². The molecular weight excluding hydrogens is 275 g/mol. The Morgan fingerprint density at radius 2 is 2.10 bits per heavy atom. The topological polar surface area (TPSA) is 46.6 Å². The number of amides is 1. The molecule has 0 radical (unpaired) electrons. The van der Waals surface area contributed by atoms with Gasteiger partial charge in [-0.05, 0) is 24.6 Å². The molecule has 1 aliphatic rings. The highest BCUT2D eigenvalue weighted by Gasteiger charge is 2.39. The van der Waals surface area contributed by atoms with Crippen molar-refractivity contribution in [3.05, 3.63) is 29.8 Å². The summed E-state index contributed by atoms with van der Waals surface area (Å²) in [6, 6.07) is 3.49. The lowest BCUT2D eigenvalue weighted by atomic mass is 10.1. The van der Waals surface area contributed by atoms with Gasteiger partial charge < -0.3 is 4.74 Å². The fourth-order valence-electron chi connectivity index (χ4n) is 2.20. The average molecular weight is 287 g/mol. The van der Waals surface area contributed by atoms with Crippen LogP contribution in [0.25, 0.3) is 0 Å². The van der Waals surface area contributed by atoms with Crippen molar-refractivity contribution in [1.82, 2.24) is 0 Å². The van der Waals surface area contributed by atoms with E-state index in [0.717, 1.165) is 17.0 Å². The third-order valence-corrected chi connectivity index (χ3v) is 3.14. The van der Waals surface area contributed by atoms with Gasteiger partial charge in [0.15, 0.2) is 0 Å². The molecule has 1 aromatic rings. The lowest BCUT2D eigenvalue weighted by molar-refractivity contribution is -0.142. The summed E-state index contributed by atoms with van der Waals surface area (Å²) in [5.41, 5.74) is -0.809. The smallest absolute Gasteiger partial charge is 0.416 e. The van der Waals surface area contributed by atoms with Gasteiger partial charge in [0.2, 0.25) is 5.91 Å². The van der Waals surface area contributed by atoms with E-state index >= 15 is 0 Å². The van der Waals surface area contributed by atoms with Crippen LogP contribution in [0.3, 0.4) is 0 Å². The number of hydrogen-bond acceptors (Lipinski definition) is 3. The predicted octanol–water partition coefficient (Wildman–Crippen LogP) is 2.37. The van der Waals surface area contributed by atoms with Gasteiger partial charge in [0.05, 0.1) is 12.7 Å². The van der Waals surface area contributed by atoms with Gasteiger partial charge in [-0.15, -0.1) is 0 Å². The Morgan fingerprint density at radius 3 is 2.70 bits per heavy atom. The van der Waals surface area contributed by atoms with Crippen molar-refractivity contribution < 1.29 is 27.5 Å². The molecule has 4 nitrogen and oxygen atoms in total. The van der Waals surface area contributed by atoms with Crippen LogP contribution < -0.4 is 4.90 Å². The van der Waals surface area contributed by atoms with E-state index in [1.807, 2.05) is 0 Å². The minimum Gasteiger partial charge on any atom is -0.467 e. The van der Waals surface area contributed by atoms with Gasteiger partial charge in [-0.2, -0.15) is 13.2 Å². The van der Waals surface area contributed by atoms with Crippen molar-refractivity contribution in [2.45, 2.75) is 25.1 Å². The zero-order valence-corrected chi connectivity index (χ0v) is 10.6. The Bertz CT molecular complexity index is 542. The van der Waals surface area contributed by atoms with E-state index in [2.05, 4.69) is 4.74 Å². The first-order chi connectivity index (χ1) is 9.34. The van der Waals surface area contributed by atoms with Crippen molar-refractivity contribution in [2.75, 3.05) is 12.0 Å². The Hall–Kier alpha value is -2.05. The van der Waals surface area contributed by atoms with Gasteiger partial charge in [0.25, 0.3) is 0 Å². The largest absolute Gasteiger partial charge is 0.467 e. The summed E-state index contributed by atoms with van der Waals surface area (Å²) in [4.78, 5) is 24.5. The van der Waals surface area contributed by atoms with Crippen molar-refractivity contribution >= 4 is 17.6 Å².